The van der Waals surface area contributed by atoms with Gasteiger partial charge in [-0.3, -0.25) is 9.59 Å². The van der Waals surface area contributed by atoms with Gasteiger partial charge in [-0.2, -0.15) is 8.78 Å². The molecule has 0 aromatic heterocycles. The molecular weight excluding hydrogens is 370 g/mol. The number of halogens is 2. The topological polar surface area (TPSA) is 76.7 Å². The average molecular weight is 388 g/mol. The van der Waals surface area contributed by atoms with Gasteiger partial charge in [-0.1, -0.05) is 30.0 Å². The maximum Gasteiger partial charge on any atom is 0.387 e. The largest absolute Gasteiger partial charge is 0.493 e. The van der Waals surface area contributed by atoms with E-state index < -0.39 is 18.4 Å². The lowest BCUT2D eigenvalue weighted by Crippen LogP contribution is -2.37. The summed E-state index contributed by atoms with van der Waals surface area (Å²) in [6.07, 6.45) is 0. The van der Waals surface area contributed by atoms with Gasteiger partial charge in [-0.15, -0.1) is 0 Å². The molecule has 146 valence electrons. The van der Waals surface area contributed by atoms with Crippen LogP contribution in [0.25, 0.3) is 0 Å². The van der Waals surface area contributed by atoms with E-state index in [4.69, 9.17) is 4.74 Å². The molecule has 0 saturated heterocycles. The molecule has 0 aliphatic rings. The lowest BCUT2D eigenvalue weighted by molar-refractivity contribution is -0.119. The van der Waals surface area contributed by atoms with Gasteiger partial charge in [0.05, 0.1) is 20.2 Å². The predicted octanol–water partition coefficient (Wildman–Crippen LogP) is 2.19. The molecule has 0 aliphatic heterocycles. The molecule has 0 atom stereocenters. The number of amides is 2. The number of hydrogen-bond donors (Lipinski definition) is 2. The van der Waals surface area contributed by atoms with Crippen LogP contribution in [0.4, 0.5) is 8.78 Å². The van der Waals surface area contributed by atoms with Gasteiger partial charge in [0.25, 0.3) is 5.91 Å². The highest BCUT2D eigenvalue weighted by Crippen LogP contribution is 2.29. The second-order valence-corrected chi connectivity index (χ2v) is 5.37. The highest BCUT2D eigenvalue weighted by atomic mass is 19.3. The van der Waals surface area contributed by atoms with Gasteiger partial charge >= 0.3 is 6.61 Å². The lowest BCUT2D eigenvalue weighted by atomic mass is 10.2. The van der Waals surface area contributed by atoms with Crippen molar-refractivity contribution in [1.29, 1.82) is 0 Å². The van der Waals surface area contributed by atoms with Gasteiger partial charge in [-0.05, 0) is 30.3 Å². The van der Waals surface area contributed by atoms with Crippen LogP contribution in [0.3, 0.4) is 0 Å². The summed E-state index contributed by atoms with van der Waals surface area (Å²) in [6, 6.07) is 13.0. The fraction of sp³-hybridized carbons (Fsp3) is 0.200. The quantitative estimate of drug-likeness (QED) is 0.713. The van der Waals surface area contributed by atoms with Crippen LogP contribution in [0.2, 0.25) is 0 Å². The van der Waals surface area contributed by atoms with E-state index in [1.165, 1.54) is 25.3 Å². The Labute approximate surface area is 160 Å². The first-order chi connectivity index (χ1) is 13.5. The summed E-state index contributed by atoms with van der Waals surface area (Å²) in [5.41, 5.74) is 0.966. The molecule has 2 aromatic rings. The van der Waals surface area contributed by atoms with Crippen LogP contribution in [0.5, 0.6) is 11.5 Å². The van der Waals surface area contributed by atoms with Crippen LogP contribution in [0, 0.1) is 11.8 Å². The molecule has 0 heterocycles. The van der Waals surface area contributed by atoms with E-state index in [0.29, 0.717) is 0 Å². The van der Waals surface area contributed by atoms with Crippen LogP contribution in [-0.2, 0) is 4.79 Å². The monoisotopic (exact) mass is 388 g/mol. The fourth-order valence-electron chi connectivity index (χ4n) is 2.14. The van der Waals surface area contributed by atoms with Gasteiger partial charge in [0, 0.05) is 11.1 Å². The number of hydrogen-bond acceptors (Lipinski definition) is 4. The highest BCUT2D eigenvalue weighted by molar-refractivity contribution is 5.97. The maximum absolute atomic E-state index is 12.3. The summed E-state index contributed by atoms with van der Waals surface area (Å²) in [7, 11) is 1.26. The van der Waals surface area contributed by atoms with E-state index in [-0.39, 0.29) is 30.2 Å². The molecule has 0 spiro atoms. The third-order valence-electron chi connectivity index (χ3n) is 3.43. The Bertz CT molecular complexity index is 877. The predicted molar refractivity (Wildman–Crippen MR) is 98.3 cm³/mol. The fourth-order valence-corrected chi connectivity index (χ4v) is 2.14. The van der Waals surface area contributed by atoms with Gasteiger partial charge in [0.2, 0.25) is 5.91 Å². The smallest absolute Gasteiger partial charge is 0.387 e. The lowest BCUT2D eigenvalue weighted by Gasteiger charge is -2.11. The third-order valence-corrected chi connectivity index (χ3v) is 3.43. The van der Waals surface area contributed by atoms with Crippen molar-refractivity contribution in [1.82, 2.24) is 10.6 Å². The molecule has 2 rings (SSSR count). The van der Waals surface area contributed by atoms with Crippen LogP contribution in [0.15, 0.2) is 48.5 Å². The summed E-state index contributed by atoms with van der Waals surface area (Å²) in [5.74, 6) is 4.50. The molecule has 28 heavy (non-hydrogen) atoms. The highest BCUT2D eigenvalue weighted by Gasteiger charge is 2.14. The van der Waals surface area contributed by atoms with Crippen LogP contribution < -0.4 is 20.1 Å². The number of carbonyl (C=O) groups is 2. The zero-order valence-electron chi connectivity index (χ0n) is 15.0. The molecule has 0 unspecified atom stereocenters. The van der Waals surface area contributed by atoms with E-state index in [2.05, 4.69) is 27.2 Å². The number of alkyl halides is 2. The minimum absolute atomic E-state index is 0.0198. The molecule has 0 aliphatic carbocycles. The van der Waals surface area contributed by atoms with Crippen LogP contribution in [0.1, 0.15) is 15.9 Å². The summed E-state index contributed by atoms with van der Waals surface area (Å²) in [4.78, 5) is 23.9. The minimum atomic E-state index is -3.01. The van der Waals surface area contributed by atoms with E-state index in [9.17, 15) is 18.4 Å². The van der Waals surface area contributed by atoms with Crippen molar-refractivity contribution < 1.29 is 27.8 Å². The second kappa shape index (κ2) is 10.5. The average Bonchev–Trinajstić information content (AvgIpc) is 2.70. The van der Waals surface area contributed by atoms with Crippen molar-refractivity contribution in [3.05, 3.63) is 59.7 Å². The zero-order valence-corrected chi connectivity index (χ0v) is 15.0. The number of benzene rings is 2. The summed E-state index contributed by atoms with van der Waals surface area (Å²) in [6.45, 7) is -3.14. The Balaban J connectivity index is 1.83. The van der Waals surface area contributed by atoms with E-state index in [1.54, 1.807) is 0 Å². The SMILES string of the molecule is COc1cc(C(=O)NCC(=O)NCC#Cc2ccccc2)ccc1OC(F)F. The Morgan fingerprint density at radius 2 is 1.82 bits per heavy atom. The first kappa shape index (κ1) is 20.7. The molecule has 8 heteroatoms. The maximum atomic E-state index is 12.3. The van der Waals surface area contributed by atoms with E-state index in [0.717, 1.165) is 5.56 Å². The number of carbonyl (C=O) groups excluding carboxylic acids is 2. The summed E-state index contributed by atoms with van der Waals surface area (Å²) in [5, 5.41) is 4.98. The number of methoxy groups -OCH3 is 1. The van der Waals surface area contributed by atoms with Crippen molar-refractivity contribution in [3.8, 4) is 23.3 Å². The van der Waals surface area contributed by atoms with Gasteiger partial charge in [0.1, 0.15) is 0 Å². The Morgan fingerprint density at radius 3 is 2.50 bits per heavy atom. The molecule has 2 N–H and O–H groups in total. The van der Waals surface area contributed by atoms with Crippen molar-refractivity contribution in [2.75, 3.05) is 20.2 Å². The summed E-state index contributed by atoms with van der Waals surface area (Å²) < 4.78 is 33.9. The molecule has 6 nitrogen and oxygen atoms in total. The Morgan fingerprint density at radius 1 is 1.07 bits per heavy atom. The van der Waals surface area contributed by atoms with Crippen molar-refractivity contribution in [2.24, 2.45) is 0 Å². The minimum Gasteiger partial charge on any atom is -0.493 e. The first-order valence-electron chi connectivity index (χ1n) is 8.21. The standard InChI is InChI=1S/C20H18F2N2O4/c1-27-17-12-15(9-10-16(17)28-20(21)22)19(26)24-13-18(25)23-11-5-8-14-6-3-2-4-7-14/h2-4,6-7,9-10,12,20H,11,13H2,1H3,(H,23,25)(H,24,26). The third kappa shape index (κ3) is 6.61. The molecular formula is C20H18F2N2O4. The van der Waals surface area contributed by atoms with Crippen molar-refractivity contribution >= 4 is 11.8 Å². The number of ether oxygens (including phenoxy) is 2. The van der Waals surface area contributed by atoms with Crippen molar-refractivity contribution in [3.63, 3.8) is 0 Å². The molecule has 0 radical (unpaired) electrons. The van der Waals surface area contributed by atoms with E-state index in [1.807, 2.05) is 30.3 Å². The Hall–Kier alpha value is -3.60. The number of nitrogens with one attached hydrogen (secondary N) is 2. The van der Waals surface area contributed by atoms with E-state index >= 15 is 0 Å². The second-order valence-electron chi connectivity index (χ2n) is 5.37. The molecule has 0 bridgehead atoms. The van der Waals surface area contributed by atoms with Gasteiger partial charge in [0.15, 0.2) is 11.5 Å². The summed E-state index contributed by atoms with van der Waals surface area (Å²) >= 11 is 0. The van der Waals surface area contributed by atoms with Gasteiger partial charge < -0.3 is 20.1 Å². The normalized spacial score (nSPS) is 9.86. The van der Waals surface area contributed by atoms with Gasteiger partial charge in [-0.25, -0.2) is 0 Å². The zero-order chi connectivity index (χ0) is 20.4. The first-order valence-corrected chi connectivity index (χ1v) is 8.21. The molecule has 2 aromatic carbocycles. The molecule has 2 amide bonds. The molecule has 0 saturated carbocycles. The van der Waals surface area contributed by atoms with Crippen LogP contribution in [-0.4, -0.2) is 38.6 Å². The number of rotatable bonds is 7. The van der Waals surface area contributed by atoms with Crippen molar-refractivity contribution in [2.45, 2.75) is 6.61 Å². The Kier molecular flexibility index (Phi) is 7.78. The molecule has 0 fully saturated rings. The van der Waals surface area contributed by atoms with Crippen LogP contribution >= 0.6 is 0 Å².